The Morgan fingerprint density at radius 1 is 0.861 bits per heavy atom. The van der Waals surface area contributed by atoms with Gasteiger partial charge in [-0.1, -0.05) is 36.4 Å². The molecule has 9 rings (SSSR count). The number of rotatable bonds is 17. The van der Waals surface area contributed by atoms with Crippen molar-refractivity contribution in [2.24, 2.45) is 5.92 Å². The average Bonchev–Trinajstić information content (AvgIpc) is 4.20. The molecule has 0 aromatic heterocycles. The van der Waals surface area contributed by atoms with Gasteiger partial charge in [0.05, 0.1) is 37.8 Å². The van der Waals surface area contributed by atoms with E-state index in [9.17, 15) is 33.2 Å². The van der Waals surface area contributed by atoms with Gasteiger partial charge in [0.1, 0.15) is 35.2 Å². The maximum absolute atomic E-state index is 15.0. The summed E-state index contributed by atoms with van der Waals surface area (Å²) < 4.78 is 55.2. The van der Waals surface area contributed by atoms with Crippen LogP contribution in [0.2, 0.25) is 0 Å². The fourth-order valence-corrected chi connectivity index (χ4v) is 11.5. The molecule has 79 heavy (non-hydrogen) atoms. The largest absolute Gasteiger partial charge is 0.381 e. The lowest BCUT2D eigenvalue weighted by molar-refractivity contribution is -0.144. The van der Waals surface area contributed by atoms with Gasteiger partial charge >= 0.3 is 0 Å². The van der Waals surface area contributed by atoms with Crippen molar-refractivity contribution in [3.63, 3.8) is 0 Å². The molecule has 7 atom stereocenters. The first-order chi connectivity index (χ1) is 37.9. The Balaban J connectivity index is 0.934. The van der Waals surface area contributed by atoms with Crippen LogP contribution in [0, 0.1) is 23.4 Å². The number of nitrogens with zero attached hydrogens (tertiary/aromatic N) is 4. The van der Waals surface area contributed by atoms with Gasteiger partial charge in [0.25, 0.3) is 5.91 Å². The van der Waals surface area contributed by atoms with Gasteiger partial charge in [0.15, 0.2) is 0 Å². The van der Waals surface area contributed by atoms with Crippen molar-refractivity contribution < 1.29 is 51.4 Å². The number of benzene rings is 4. The second-order valence-corrected chi connectivity index (χ2v) is 21.8. The molecule has 18 nitrogen and oxygen atoms in total. The third-order valence-corrected chi connectivity index (χ3v) is 16.2. The van der Waals surface area contributed by atoms with Gasteiger partial charge in [0, 0.05) is 82.0 Å². The number of piperazine rings is 1. The van der Waals surface area contributed by atoms with Crippen molar-refractivity contribution in [1.29, 1.82) is 0 Å². The van der Waals surface area contributed by atoms with Crippen LogP contribution in [0.5, 0.6) is 0 Å². The molecule has 21 heteroatoms. The van der Waals surface area contributed by atoms with E-state index in [1.165, 1.54) is 23.1 Å². The molecule has 0 radical (unpaired) electrons. The average molecular weight is 1090 g/mol. The zero-order valence-electron chi connectivity index (χ0n) is 45.3. The summed E-state index contributed by atoms with van der Waals surface area (Å²) >= 11 is 0. The lowest BCUT2D eigenvalue weighted by Crippen LogP contribution is -2.62. The van der Waals surface area contributed by atoms with Crippen molar-refractivity contribution in [3.05, 3.63) is 124 Å². The quantitative estimate of drug-likeness (QED) is 0.0889. The van der Waals surface area contributed by atoms with Crippen molar-refractivity contribution >= 4 is 52.5 Å². The number of likely N-dealkylation sites (N-methyl/N-ethyl adjacent to an activating group) is 1. The Bertz CT molecular complexity index is 2910. The van der Waals surface area contributed by atoms with Crippen LogP contribution in [0.1, 0.15) is 74.4 Å². The third-order valence-electron chi connectivity index (χ3n) is 16.2. The minimum atomic E-state index is -1.46. The van der Waals surface area contributed by atoms with Gasteiger partial charge < -0.3 is 51.2 Å². The molecular formula is C58H71F3N10O8. The summed E-state index contributed by atoms with van der Waals surface area (Å²) in [4.78, 5) is 93.3. The van der Waals surface area contributed by atoms with Crippen molar-refractivity contribution in [2.75, 3.05) is 94.8 Å². The molecule has 4 aromatic rings. The van der Waals surface area contributed by atoms with Gasteiger partial charge in [-0.2, -0.15) is 0 Å². The van der Waals surface area contributed by atoms with Gasteiger partial charge in [0.2, 0.25) is 29.5 Å². The van der Waals surface area contributed by atoms with E-state index in [0.717, 1.165) is 42.4 Å². The number of halogens is 3. The summed E-state index contributed by atoms with van der Waals surface area (Å²) in [5.41, 5.74) is 1.86. The summed E-state index contributed by atoms with van der Waals surface area (Å²) in [7, 11) is 1.61. The first kappa shape index (κ1) is 57.0. The molecule has 5 aliphatic heterocycles. The fourth-order valence-electron chi connectivity index (χ4n) is 11.5. The number of para-hydroxylation sites is 1. The van der Waals surface area contributed by atoms with E-state index in [0.29, 0.717) is 75.6 Å². The van der Waals surface area contributed by atoms with Crippen LogP contribution in [-0.4, -0.2) is 160 Å². The number of ether oxygens (including phenoxy) is 2. The van der Waals surface area contributed by atoms with E-state index in [4.69, 9.17) is 9.47 Å². The predicted octanol–water partition coefficient (Wildman–Crippen LogP) is 3.98. The minimum absolute atomic E-state index is 0.00468. The van der Waals surface area contributed by atoms with Crippen LogP contribution >= 0.6 is 0 Å². The van der Waals surface area contributed by atoms with Crippen LogP contribution < -0.4 is 36.8 Å². The number of anilines is 3. The number of amides is 6. The molecule has 4 unspecified atom stereocenters. The van der Waals surface area contributed by atoms with Crippen LogP contribution in [0.3, 0.4) is 0 Å². The second kappa shape index (κ2) is 24.7. The maximum Gasteiger partial charge on any atom is 0.252 e. The van der Waals surface area contributed by atoms with Crippen molar-refractivity contribution in [2.45, 2.75) is 95.2 Å². The highest BCUT2D eigenvalue weighted by atomic mass is 19.1. The molecule has 4 aromatic carbocycles. The molecule has 0 spiro atoms. The number of nitrogens with one attached hydrogen (secondary N) is 6. The summed E-state index contributed by atoms with van der Waals surface area (Å²) in [6.45, 7) is 12.0. The van der Waals surface area contributed by atoms with Gasteiger partial charge in [-0.25, -0.2) is 13.2 Å². The van der Waals surface area contributed by atoms with E-state index in [1.54, 1.807) is 50.1 Å². The Hall–Kier alpha value is -6.75. The highest BCUT2D eigenvalue weighted by Crippen LogP contribution is 2.43. The number of morpholine rings is 1. The summed E-state index contributed by atoms with van der Waals surface area (Å²) in [5, 5.41) is 17.3. The molecule has 0 saturated carbocycles. The number of carbonyl (C=O) groups is 6. The van der Waals surface area contributed by atoms with E-state index in [1.807, 2.05) is 18.2 Å². The van der Waals surface area contributed by atoms with E-state index in [2.05, 4.69) is 55.5 Å². The lowest BCUT2D eigenvalue weighted by atomic mass is 9.83. The van der Waals surface area contributed by atoms with Crippen LogP contribution in [0.4, 0.5) is 30.2 Å². The summed E-state index contributed by atoms with van der Waals surface area (Å²) in [6, 6.07) is 16.9. The van der Waals surface area contributed by atoms with E-state index in [-0.39, 0.29) is 66.7 Å². The zero-order chi connectivity index (χ0) is 56.1. The first-order valence-electron chi connectivity index (χ1n) is 27.2. The fraction of sp³-hybridized carbons (Fsp3) is 0.483. The molecule has 0 bridgehead atoms. The SMILES string of the molecule is CN[C@@H](C)C(=O)NC(C(=O)N1Cc2ccc(NC(=O)CNC(=O)[C@]3(C)CN(C(=O)CN4CC(C)NC[C@@H]4CN4CCOCC4C)c4cc(Cc5ccc(F)cc5)ccc43)cc2C1C(=O)Nc1c(F)cccc1F)C1CCOCC1. The van der Waals surface area contributed by atoms with E-state index >= 15 is 8.78 Å². The summed E-state index contributed by atoms with van der Waals surface area (Å²) in [5.74, 6) is -6.05. The highest BCUT2D eigenvalue weighted by molar-refractivity contribution is 6.05. The van der Waals surface area contributed by atoms with Crippen molar-refractivity contribution in [3.8, 4) is 0 Å². The van der Waals surface area contributed by atoms with E-state index < -0.39 is 76.9 Å². The smallest absolute Gasteiger partial charge is 0.252 e. The number of carbonyl (C=O) groups excluding carboxylic acids is 6. The van der Waals surface area contributed by atoms with Gasteiger partial charge in [-0.3, -0.25) is 38.6 Å². The molecule has 5 heterocycles. The molecular weight excluding hydrogens is 1020 g/mol. The number of hydrogen-bond acceptors (Lipinski definition) is 12. The minimum Gasteiger partial charge on any atom is -0.381 e. The molecule has 3 fully saturated rings. The standard InChI is InChI=1S/C58H71F3N10O8/c1-34-28-69(43(26-63-34)30-68-19-22-79-32-35(68)2)31-50(73)71-33-58(4,45-16-11-38(24-48(45)71)23-37-9-13-41(59)14-10-37)57(77)64-27-49(72)65-42-15-12-40-29-70(53(44(40)25-42)55(75)67-52-46(60)7-6-8-47(52)61)56(76)51(39-17-20-78-21-18-39)66-54(74)36(3)62-5/h6-16,24-25,34-36,39,43,51,53,62-63H,17-23,26-33H2,1-5H3,(H,64,77)(H,65,72)(H,66,74)(H,67,75)/t34?,35?,36-,43+,51?,53?,58+/m0/s1. The Kier molecular flexibility index (Phi) is 17.8. The number of fused-ring (bicyclic) bond motifs is 2. The molecule has 0 aliphatic carbocycles. The van der Waals surface area contributed by atoms with Crippen LogP contribution in [-0.2, 0) is 56.6 Å². The predicted molar refractivity (Wildman–Crippen MR) is 290 cm³/mol. The Labute approximate surface area is 458 Å². The molecule has 3 saturated heterocycles. The molecule has 6 amide bonds. The highest BCUT2D eigenvalue weighted by Gasteiger charge is 2.48. The first-order valence-corrected chi connectivity index (χ1v) is 27.2. The zero-order valence-corrected chi connectivity index (χ0v) is 45.3. The monoisotopic (exact) mass is 1090 g/mol. The number of hydrogen-bond donors (Lipinski definition) is 6. The van der Waals surface area contributed by atoms with Crippen molar-refractivity contribution in [1.82, 2.24) is 36.0 Å². The Morgan fingerprint density at radius 3 is 2.32 bits per heavy atom. The maximum atomic E-state index is 15.0. The molecule has 5 aliphatic rings. The van der Waals surface area contributed by atoms with Gasteiger partial charge in [-0.05, 0) is 130 Å². The van der Waals surface area contributed by atoms with Crippen LogP contribution in [0.15, 0.2) is 78.9 Å². The second-order valence-electron chi connectivity index (χ2n) is 21.8. The topological polar surface area (TPSA) is 206 Å². The molecule has 6 N–H and O–H groups in total. The lowest BCUT2D eigenvalue weighted by Gasteiger charge is -2.43. The summed E-state index contributed by atoms with van der Waals surface area (Å²) in [6.07, 6.45) is 1.35. The molecule has 422 valence electrons. The van der Waals surface area contributed by atoms with Gasteiger partial charge in [-0.15, -0.1) is 0 Å². The Morgan fingerprint density at radius 2 is 1.59 bits per heavy atom. The third kappa shape index (κ3) is 12.8. The normalized spacial score (nSPS) is 23.3. The van der Waals surface area contributed by atoms with Crippen LogP contribution in [0.25, 0.3) is 0 Å².